The lowest BCUT2D eigenvalue weighted by molar-refractivity contribution is -0.170. The summed E-state index contributed by atoms with van der Waals surface area (Å²) in [6, 6.07) is 21.9. The summed E-state index contributed by atoms with van der Waals surface area (Å²) in [6.07, 6.45) is 0.813. The summed E-state index contributed by atoms with van der Waals surface area (Å²) in [5.74, 6) is 0.148. The molecule has 1 N–H and O–H groups in total. The number of benzene rings is 3. The van der Waals surface area contributed by atoms with Crippen LogP contribution < -0.4 is 4.74 Å². The molecule has 0 saturated carbocycles. The third kappa shape index (κ3) is 5.03. The van der Waals surface area contributed by atoms with Crippen molar-refractivity contribution in [2.45, 2.75) is 51.3 Å². The summed E-state index contributed by atoms with van der Waals surface area (Å²) in [4.78, 5) is 12.3. The van der Waals surface area contributed by atoms with Crippen LogP contribution in [0.25, 0.3) is 0 Å². The maximum atomic E-state index is 12.3. The van der Waals surface area contributed by atoms with Crippen molar-refractivity contribution in [3.63, 3.8) is 0 Å². The number of hydrogen-bond donors (Lipinski definition) is 1. The van der Waals surface area contributed by atoms with Crippen LogP contribution in [0.3, 0.4) is 0 Å². The first kappa shape index (κ1) is 24.5. The van der Waals surface area contributed by atoms with E-state index in [1.165, 1.54) is 14.0 Å². The molecule has 6 heteroatoms. The molecule has 188 valence electrons. The van der Waals surface area contributed by atoms with Crippen molar-refractivity contribution in [1.82, 2.24) is 0 Å². The first-order chi connectivity index (χ1) is 17.5. The predicted molar refractivity (Wildman–Crippen MR) is 135 cm³/mol. The molecule has 3 aromatic carbocycles. The van der Waals surface area contributed by atoms with E-state index in [4.69, 9.17) is 18.9 Å². The fourth-order valence-corrected chi connectivity index (χ4v) is 5.47. The molecule has 5 rings (SSSR count). The highest BCUT2D eigenvalue weighted by molar-refractivity contribution is 6.00. The lowest BCUT2D eigenvalue weighted by atomic mass is 9.88. The van der Waals surface area contributed by atoms with Crippen molar-refractivity contribution >= 4 is 5.78 Å². The summed E-state index contributed by atoms with van der Waals surface area (Å²) in [5.41, 5.74) is 4.19. The Labute approximate surface area is 211 Å². The van der Waals surface area contributed by atoms with Gasteiger partial charge in [0.25, 0.3) is 0 Å². The van der Waals surface area contributed by atoms with Gasteiger partial charge >= 0.3 is 0 Å². The van der Waals surface area contributed by atoms with E-state index < -0.39 is 0 Å². The maximum absolute atomic E-state index is 12.3. The number of fused-ring (bicyclic) bond motifs is 3. The fraction of sp³-hybridized carbons (Fsp3) is 0.367. The molecule has 0 aromatic heterocycles. The van der Waals surface area contributed by atoms with Gasteiger partial charge in [0, 0.05) is 17.9 Å². The second kappa shape index (κ2) is 10.8. The van der Waals surface area contributed by atoms with Crippen LogP contribution in [0.15, 0.2) is 66.7 Å². The van der Waals surface area contributed by atoms with Crippen molar-refractivity contribution in [2.24, 2.45) is 5.92 Å². The molecule has 0 radical (unpaired) electrons. The summed E-state index contributed by atoms with van der Waals surface area (Å²) >= 11 is 0. The van der Waals surface area contributed by atoms with Crippen LogP contribution >= 0.6 is 0 Å². The van der Waals surface area contributed by atoms with Crippen LogP contribution in [0, 0.1) is 5.92 Å². The van der Waals surface area contributed by atoms with Gasteiger partial charge in [-0.05, 0) is 36.1 Å². The number of carbonyl (C=O) groups excluding carboxylic acids is 1. The number of ketones is 1. The SMILES string of the molecule is COc1c(C(C)=O)c(O)cc2c1C1O[C@H](COCc3ccccc3)C[C@H](OCc3ccccc3)[C@@H]1C2. The van der Waals surface area contributed by atoms with Gasteiger partial charge in [-0.15, -0.1) is 0 Å². The van der Waals surface area contributed by atoms with Crippen LogP contribution in [-0.2, 0) is 33.8 Å². The normalized spacial score (nSPS) is 22.6. The van der Waals surface area contributed by atoms with Gasteiger partial charge in [-0.25, -0.2) is 0 Å². The lowest BCUT2D eigenvalue weighted by Crippen LogP contribution is -2.41. The van der Waals surface area contributed by atoms with Gasteiger partial charge < -0.3 is 24.1 Å². The molecule has 0 spiro atoms. The van der Waals surface area contributed by atoms with E-state index in [1.54, 1.807) is 6.07 Å². The van der Waals surface area contributed by atoms with Gasteiger partial charge in [-0.3, -0.25) is 4.79 Å². The van der Waals surface area contributed by atoms with Gasteiger partial charge in [0.2, 0.25) is 0 Å². The maximum Gasteiger partial charge on any atom is 0.167 e. The first-order valence-corrected chi connectivity index (χ1v) is 12.4. The topological polar surface area (TPSA) is 74.2 Å². The molecule has 2 aliphatic rings. The average molecular weight is 489 g/mol. The highest BCUT2D eigenvalue weighted by Crippen LogP contribution is 2.52. The Morgan fingerprint density at radius 3 is 2.33 bits per heavy atom. The minimum absolute atomic E-state index is 0.0459. The molecule has 3 aromatic rings. The van der Waals surface area contributed by atoms with Gasteiger partial charge in [-0.2, -0.15) is 0 Å². The molecule has 1 heterocycles. The minimum Gasteiger partial charge on any atom is -0.507 e. The van der Waals surface area contributed by atoms with E-state index in [0.29, 0.717) is 38.4 Å². The molecule has 36 heavy (non-hydrogen) atoms. The van der Waals surface area contributed by atoms with Crippen LogP contribution in [-0.4, -0.2) is 36.8 Å². The zero-order valence-electron chi connectivity index (χ0n) is 20.7. The van der Waals surface area contributed by atoms with E-state index >= 15 is 0 Å². The molecule has 1 aliphatic carbocycles. The molecular weight excluding hydrogens is 456 g/mol. The predicted octanol–water partition coefficient (Wildman–Crippen LogP) is 5.41. The number of Topliss-reactive ketones (excluding diaryl/α,β-unsaturated/α-hetero) is 1. The zero-order valence-corrected chi connectivity index (χ0v) is 20.7. The number of rotatable bonds is 9. The Morgan fingerprint density at radius 1 is 1.03 bits per heavy atom. The molecule has 4 atom stereocenters. The van der Waals surface area contributed by atoms with Crippen molar-refractivity contribution < 1.29 is 28.8 Å². The molecule has 1 unspecified atom stereocenters. The van der Waals surface area contributed by atoms with Crippen molar-refractivity contribution in [3.05, 3.63) is 94.5 Å². The molecule has 0 amide bonds. The van der Waals surface area contributed by atoms with Crippen molar-refractivity contribution in [3.8, 4) is 11.5 Å². The van der Waals surface area contributed by atoms with Gasteiger partial charge in [0.15, 0.2) is 5.78 Å². The summed E-state index contributed by atoms with van der Waals surface area (Å²) in [7, 11) is 1.53. The fourth-order valence-electron chi connectivity index (χ4n) is 5.47. The quantitative estimate of drug-likeness (QED) is 0.406. The number of phenols is 1. The van der Waals surface area contributed by atoms with Crippen molar-refractivity contribution in [2.75, 3.05) is 13.7 Å². The smallest absolute Gasteiger partial charge is 0.167 e. The van der Waals surface area contributed by atoms with Gasteiger partial charge in [0.1, 0.15) is 17.1 Å². The number of ether oxygens (including phenoxy) is 4. The molecule has 1 saturated heterocycles. The zero-order chi connectivity index (χ0) is 25.1. The Balaban J connectivity index is 1.40. The van der Waals surface area contributed by atoms with Crippen LogP contribution in [0.4, 0.5) is 0 Å². The first-order valence-electron chi connectivity index (χ1n) is 12.4. The average Bonchev–Trinajstić information content (AvgIpc) is 3.25. The lowest BCUT2D eigenvalue weighted by Gasteiger charge is -2.39. The summed E-state index contributed by atoms with van der Waals surface area (Å²) in [6.45, 7) is 2.87. The molecule has 6 nitrogen and oxygen atoms in total. The summed E-state index contributed by atoms with van der Waals surface area (Å²) < 4.78 is 24.8. The van der Waals surface area contributed by atoms with Crippen molar-refractivity contribution in [1.29, 1.82) is 0 Å². The van der Waals surface area contributed by atoms with E-state index in [9.17, 15) is 9.90 Å². The third-order valence-electron chi connectivity index (χ3n) is 7.10. The molecule has 1 fully saturated rings. The molecular formula is C30H32O6. The number of methoxy groups -OCH3 is 1. The van der Waals surface area contributed by atoms with E-state index in [2.05, 4.69) is 12.1 Å². The number of carbonyl (C=O) groups is 1. The minimum atomic E-state index is -0.312. The highest BCUT2D eigenvalue weighted by atomic mass is 16.6. The Morgan fingerprint density at radius 2 is 1.69 bits per heavy atom. The van der Waals surface area contributed by atoms with Gasteiger partial charge in [-0.1, -0.05) is 60.7 Å². The second-order valence-corrected chi connectivity index (χ2v) is 9.55. The summed E-state index contributed by atoms with van der Waals surface area (Å²) in [5, 5.41) is 10.6. The second-order valence-electron chi connectivity index (χ2n) is 9.55. The van der Waals surface area contributed by atoms with E-state index in [1.807, 2.05) is 48.5 Å². The van der Waals surface area contributed by atoms with Crippen LogP contribution in [0.1, 0.15) is 52.1 Å². The molecule has 0 bridgehead atoms. The Bertz CT molecular complexity index is 1190. The number of aromatic hydroxyl groups is 1. The highest BCUT2D eigenvalue weighted by Gasteiger charge is 2.47. The Kier molecular flexibility index (Phi) is 7.37. The van der Waals surface area contributed by atoms with E-state index in [0.717, 1.165) is 22.3 Å². The Hall–Kier alpha value is -3.19. The van der Waals surface area contributed by atoms with Crippen LogP contribution in [0.2, 0.25) is 0 Å². The standard InChI is InChI=1S/C30H32O6/c1-19(31)27-25(32)14-22-13-24-26(35-17-21-11-7-4-8-12-21)15-23(36-29(24)28(22)30(27)33-2)18-34-16-20-9-5-3-6-10-20/h3-12,14,23-24,26,29,32H,13,15-18H2,1-2H3/t23-,24-,26-,29?/m0/s1. The monoisotopic (exact) mass is 488 g/mol. The third-order valence-corrected chi connectivity index (χ3v) is 7.10. The van der Waals surface area contributed by atoms with Gasteiger partial charge in [0.05, 0.1) is 45.2 Å². The number of hydrogen-bond acceptors (Lipinski definition) is 6. The molecule has 1 aliphatic heterocycles. The van der Waals surface area contributed by atoms with Crippen LogP contribution in [0.5, 0.6) is 11.5 Å². The number of phenolic OH excluding ortho intramolecular Hbond substituents is 1. The largest absolute Gasteiger partial charge is 0.507 e. The van der Waals surface area contributed by atoms with E-state index in [-0.39, 0.29) is 41.3 Å².